The SMILES string of the molecule is CN(CCCC(=O)O)C(=O)NCCS(N)(=O)=O. The molecule has 0 aliphatic heterocycles. The average Bonchev–Trinajstić information content (AvgIpc) is 2.14. The zero-order valence-corrected chi connectivity index (χ0v) is 10.4. The van der Waals surface area contributed by atoms with E-state index in [9.17, 15) is 18.0 Å². The van der Waals surface area contributed by atoms with Crippen LogP contribution in [-0.2, 0) is 14.8 Å². The molecule has 0 atom stereocenters. The number of urea groups is 1. The number of nitrogens with two attached hydrogens (primary N) is 1. The first-order valence-electron chi connectivity index (χ1n) is 4.93. The lowest BCUT2D eigenvalue weighted by atomic mass is 10.3. The summed E-state index contributed by atoms with van der Waals surface area (Å²) in [6.07, 6.45) is 0.323. The van der Waals surface area contributed by atoms with Crippen LogP contribution in [0.25, 0.3) is 0 Å². The number of aliphatic carboxylic acids is 1. The summed E-state index contributed by atoms with van der Waals surface area (Å²) >= 11 is 0. The summed E-state index contributed by atoms with van der Waals surface area (Å²) in [5.41, 5.74) is 0. The molecule has 17 heavy (non-hydrogen) atoms. The first-order chi connectivity index (χ1) is 7.72. The summed E-state index contributed by atoms with van der Waals surface area (Å²) in [7, 11) is -2.09. The van der Waals surface area contributed by atoms with Gasteiger partial charge in [-0.15, -0.1) is 0 Å². The molecule has 100 valence electrons. The number of hydrogen-bond donors (Lipinski definition) is 3. The predicted molar refractivity (Wildman–Crippen MR) is 60.9 cm³/mol. The van der Waals surface area contributed by atoms with Gasteiger partial charge in [-0.3, -0.25) is 4.79 Å². The van der Waals surface area contributed by atoms with Crippen molar-refractivity contribution in [1.82, 2.24) is 10.2 Å². The van der Waals surface area contributed by atoms with Gasteiger partial charge in [0.1, 0.15) is 0 Å². The quantitative estimate of drug-likeness (QED) is 0.532. The first kappa shape index (κ1) is 15.7. The zero-order chi connectivity index (χ0) is 13.5. The lowest BCUT2D eigenvalue weighted by Gasteiger charge is -2.17. The van der Waals surface area contributed by atoms with Crippen molar-refractivity contribution in [1.29, 1.82) is 0 Å². The second-order valence-electron chi connectivity index (χ2n) is 3.52. The van der Waals surface area contributed by atoms with Crippen molar-refractivity contribution in [3.8, 4) is 0 Å². The molecule has 0 aliphatic carbocycles. The zero-order valence-electron chi connectivity index (χ0n) is 9.55. The number of carboxylic acids is 1. The number of carboxylic acid groups (broad SMARTS) is 1. The summed E-state index contributed by atoms with van der Waals surface area (Å²) in [6.45, 7) is 0.217. The van der Waals surface area contributed by atoms with Gasteiger partial charge in [-0.2, -0.15) is 0 Å². The molecule has 0 aromatic carbocycles. The first-order valence-corrected chi connectivity index (χ1v) is 6.65. The maximum atomic E-state index is 11.3. The van der Waals surface area contributed by atoms with Crippen LogP contribution in [0.2, 0.25) is 0 Å². The average molecular weight is 267 g/mol. The molecule has 0 fully saturated rings. The lowest BCUT2D eigenvalue weighted by molar-refractivity contribution is -0.137. The molecule has 0 aromatic rings. The minimum absolute atomic E-state index is 0.0190. The molecule has 2 amide bonds. The fraction of sp³-hybridized carbons (Fsp3) is 0.750. The van der Waals surface area contributed by atoms with Crippen molar-refractivity contribution in [2.45, 2.75) is 12.8 Å². The van der Waals surface area contributed by atoms with Crippen molar-refractivity contribution < 1.29 is 23.1 Å². The molecule has 9 heteroatoms. The van der Waals surface area contributed by atoms with Gasteiger partial charge in [-0.1, -0.05) is 0 Å². The van der Waals surface area contributed by atoms with Gasteiger partial charge in [0.15, 0.2) is 0 Å². The van der Waals surface area contributed by atoms with Crippen molar-refractivity contribution in [3.63, 3.8) is 0 Å². The Morgan fingerprint density at radius 3 is 2.47 bits per heavy atom. The van der Waals surface area contributed by atoms with Gasteiger partial charge in [0.25, 0.3) is 0 Å². The van der Waals surface area contributed by atoms with Gasteiger partial charge in [0, 0.05) is 26.6 Å². The van der Waals surface area contributed by atoms with Gasteiger partial charge < -0.3 is 15.3 Å². The summed E-state index contributed by atoms with van der Waals surface area (Å²) in [5.74, 6) is -1.25. The monoisotopic (exact) mass is 267 g/mol. The van der Waals surface area contributed by atoms with Crippen molar-refractivity contribution >= 4 is 22.0 Å². The Kier molecular flexibility index (Phi) is 6.51. The highest BCUT2D eigenvalue weighted by molar-refractivity contribution is 7.89. The molecule has 0 radical (unpaired) electrons. The minimum atomic E-state index is -3.58. The minimum Gasteiger partial charge on any atom is -0.481 e. The third-order valence-corrected chi connectivity index (χ3v) is 2.67. The Labute approximate surface area is 99.8 Å². The molecule has 0 aromatic heterocycles. The lowest BCUT2D eigenvalue weighted by Crippen LogP contribution is -2.40. The summed E-state index contributed by atoms with van der Waals surface area (Å²) in [5, 5.41) is 15.5. The second-order valence-corrected chi connectivity index (χ2v) is 5.25. The molecule has 0 saturated heterocycles. The van der Waals surface area contributed by atoms with Gasteiger partial charge in [0.05, 0.1) is 5.75 Å². The molecular weight excluding hydrogens is 250 g/mol. The van der Waals surface area contributed by atoms with E-state index in [2.05, 4.69) is 5.32 Å². The number of hydrogen-bond acceptors (Lipinski definition) is 4. The Morgan fingerprint density at radius 1 is 1.41 bits per heavy atom. The second kappa shape index (κ2) is 7.07. The Balaban J connectivity index is 3.78. The highest BCUT2D eigenvalue weighted by atomic mass is 32.2. The number of rotatable bonds is 7. The van der Waals surface area contributed by atoms with E-state index in [0.29, 0.717) is 6.42 Å². The third-order valence-electron chi connectivity index (χ3n) is 1.89. The normalized spacial score (nSPS) is 10.9. The number of primary sulfonamides is 1. The summed E-state index contributed by atoms with van der Waals surface area (Å²) in [4.78, 5) is 22.9. The van der Waals surface area contributed by atoms with Crippen LogP contribution in [-0.4, -0.2) is 56.3 Å². The molecule has 0 saturated carbocycles. The van der Waals surface area contributed by atoms with Crippen molar-refractivity contribution in [2.24, 2.45) is 5.14 Å². The van der Waals surface area contributed by atoms with Crippen LogP contribution in [0.15, 0.2) is 0 Å². The van der Waals surface area contributed by atoms with Gasteiger partial charge in [0.2, 0.25) is 10.0 Å². The Bertz CT molecular complexity index is 367. The van der Waals surface area contributed by atoms with Crippen LogP contribution < -0.4 is 10.5 Å². The van der Waals surface area contributed by atoms with E-state index in [1.807, 2.05) is 0 Å². The molecular formula is C8H17N3O5S. The maximum Gasteiger partial charge on any atom is 0.317 e. The number of amides is 2. The molecule has 0 spiro atoms. The molecule has 0 aliphatic rings. The molecule has 0 bridgehead atoms. The van der Waals surface area contributed by atoms with E-state index in [1.54, 1.807) is 0 Å². The van der Waals surface area contributed by atoms with Crippen LogP contribution in [0.5, 0.6) is 0 Å². The Hall–Kier alpha value is -1.35. The largest absolute Gasteiger partial charge is 0.481 e. The standard InChI is InChI=1S/C8H17N3O5S/c1-11(5-2-3-7(12)13)8(14)10-4-6-17(9,15)16/h2-6H2,1H3,(H,10,14)(H,12,13)(H2,9,15,16). The molecule has 0 heterocycles. The van der Waals surface area contributed by atoms with Gasteiger partial charge in [-0.05, 0) is 6.42 Å². The fourth-order valence-corrected chi connectivity index (χ4v) is 1.39. The molecule has 4 N–H and O–H groups in total. The van der Waals surface area contributed by atoms with Crippen LogP contribution in [0.1, 0.15) is 12.8 Å². The number of nitrogens with zero attached hydrogens (tertiary/aromatic N) is 1. The van der Waals surface area contributed by atoms with Crippen molar-refractivity contribution in [3.05, 3.63) is 0 Å². The number of sulfonamides is 1. The summed E-state index contributed by atoms with van der Waals surface area (Å²) < 4.78 is 21.2. The number of carbonyl (C=O) groups is 2. The van der Waals surface area contributed by atoms with E-state index in [0.717, 1.165) is 0 Å². The number of carbonyl (C=O) groups excluding carboxylic acids is 1. The van der Waals surface area contributed by atoms with E-state index in [-0.39, 0.29) is 25.3 Å². The predicted octanol–water partition coefficient (Wildman–Crippen LogP) is -1.22. The maximum absolute atomic E-state index is 11.3. The highest BCUT2D eigenvalue weighted by Crippen LogP contribution is 1.93. The smallest absolute Gasteiger partial charge is 0.317 e. The van der Waals surface area contributed by atoms with E-state index < -0.39 is 22.0 Å². The topological polar surface area (TPSA) is 130 Å². The van der Waals surface area contributed by atoms with E-state index in [1.165, 1.54) is 11.9 Å². The third kappa shape index (κ3) is 9.57. The Morgan fingerprint density at radius 2 is 2.00 bits per heavy atom. The molecule has 8 nitrogen and oxygen atoms in total. The number of nitrogens with one attached hydrogen (secondary N) is 1. The van der Waals surface area contributed by atoms with E-state index in [4.69, 9.17) is 10.2 Å². The van der Waals surface area contributed by atoms with Crippen LogP contribution in [0, 0.1) is 0 Å². The van der Waals surface area contributed by atoms with Crippen LogP contribution >= 0.6 is 0 Å². The highest BCUT2D eigenvalue weighted by Gasteiger charge is 2.09. The van der Waals surface area contributed by atoms with Crippen LogP contribution in [0.4, 0.5) is 4.79 Å². The fourth-order valence-electron chi connectivity index (χ4n) is 1.00. The molecule has 0 rings (SSSR count). The van der Waals surface area contributed by atoms with E-state index >= 15 is 0 Å². The van der Waals surface area contributed by atoms with Gasteiger partial charge in [-0.25, -0.2) is 18.4 Å². The van der Waals surface area contributed by atoms with Crippen LogP contribution in [0.3, 0.4) is 0 Å². The van der Waals surface area contributed by atoms with Crippen molar-refractivity contribution in [2.75, 3.05) is 25.9 Å². The molecule has 0 unspecified atom stereocenters. The summed E-state index contributed by atoms with van der Waals surface area (Å²) in [6, 6.07) is -0.459. The van der Waals surface area contributed by atoms with Gasteiger partial charge >= 0.3 is 12.0 Å².